The molecule has 0 spiro atoms. The topological polar surface area (TPSA) is 44.5 Å². The van der Waals surface area contributed by atoms with Crippen molar-refractivity contribution in [3.8, 4) is 11.5 Å². The van der Waals surface area contributed by atoms with Crippen LogP contribution in [-0.2, 0) is 5.41 Å². The Labute approximate surface area is 130 Å². The first-order chi connectivity index (χ1) is 9.88. The van der Waals surface area contributed by atoms with Crippen molar-refractivity contribution in [2.45, 2.75) is 32.2 Å². The van der Waals surface area contributed by atoms with Crippen molar-refractivity contribution in [1.29, 1.82) is 0 Å². The van der Waals surface area contributed by atoms with Crippen molar-refractivity contribution >= 4 is 11.3 Å². The number of nitrogens with two attached hydrogens (primary N) is 1. The van der Waals surface area contributed by atoms with E-state index in [1.807, 2.05) is 18.2 Å². The minimum Gasteiger partial charge on any atom is -0.496 e. The van der Waals surface area contributed by atoms with E-state index in [0.717, 1.165) is 21.9 Å². The molecule has 1 aromatic carbocycles. The van der Waals surface area contributed by atoms with E-state index in [2.05, 4.69) is 32.9 Å². The minimum absolute atomic E-state index is 0.132. The SMILES string of the molecule is COc1cccc(OC)c1C(N)c1ccc(C(C)(C)C)s1. The van der Waals surface area contributed by atoms with Crippen LogP contribution in [0.2, 0.25) is 0 Å². The largest absolute Gasteiger partial charge is 0.496 e. The molecular formula is C17H23NO2S. The number of thiophene rings is 1. The second-order valence-corrected chi connectivity index (χ2v) is 7.12. The molecule has 21 heavy (non-hydrogen) atoms. The molecule has 0 saturated heterocycles. The first-order valence-corrected chi connectivity index (χ1v) is 7.76. The molecule has 4 heteroatoms. The molecule has 0 amide bonds. The van der Waals surface area contributed by atoms with E-state index in [0.29, 0.717) is 0 Å². The van der Waals surface area contributed by atoms with Gasteiger partial charge in [-0.1, -0.05) is 26.8 Å². The van der Waals surface area contributed by atoms with Crippen molar-refractivity contribution in [1.82, 2.24) is 0 Å². The lowest BCUT2D eigenvalue weighted by Crippen LogP contribution is -2.13. The van der Waals surface area contributed by atoms with Crippen LogP contribution in [0.1, 0.15) is 42.1 Å². The molecule has 1 unspecified atom stereocenters. The Bertz CT molecular complexity index is 591. The molecule has 1 aromatic heterocycles. The highest BCUT2D eigenvalue weighted by atomic mass is 32.1. The smallest absolute Gasteiger partial charge is 0.127 e. The lowest BCUT2D eigenvalue weighted by Gasteiger charge is -2.19. The number of benzene rings is 1. The molecule has 0 fully saturated rings. The maximum absolute atomic E-state index is 6.48. The summed E-state index contributed by atoms with van der Waals surface area (Å²) in [6.45, 7) is 6.62. The van der Waals surface area contributed by atoms with Crippen LogP contribution in [0, 0.1) is 0 Å². The van der Waals surface area contributed by atoms with E-state index in [1.165, 1.54) is 4.88 Å². The third-order valence-corrected chi connectivity index (χ3v) is 5.04. The fraction of sp³-hybridized carbons (Fsp3) is 0.412. The van der Waals surface area contributed by atoms with Crippen molar-refractivity contribution in [3.05, 3.63) is 45.6 Å². The summed E-state index contributed by atoms with van der Waals surface area (Å²) in [5.74, 6) is 1.51. The maximum atomic E-state index is 6.48. The van der Waals surface area contributed by atoms with E-state index in [9.17, 15) is 0 Å². The lowest BCUT2D eigenvalue weighted by atomic mass is 9.95. The molecule has 114 valence electrons. The molecule has 2 aromatic rings. The number of methoxy groups -OCH3 is 2. The molecule has 0 saturated carbocycles. The average Bonchev–Trinajstić information content (AvgIpc) is 2.95. The van der Waals surface area contributed by atoms with Crippen LogP contribution in [0.15, 0.2) is 30.3 Å². The van der Waals surface area contributed by atoms with Gasteiger partial charge >= 0.3 is 0 Å². The van der Waals surface area contributed by atoms with Gasteiger partial charge in [-0.15, -0.1) is 11.3 Å². The van der Waals surface area contributed by atoms with Crippen molar-refractivity contribution < 1.29 is 9.47 Å². The molecule has 1 atom stereocenters. The first-order valence-electron chi connectivity index (χ1n) is 6.95. The third-order valence-electron chi connectivity index (χ3n) is 3.45. The Hall–Kier alpha value is -1.52. The zero-order valence-corrected chi connectivity index (χ0v) is 14.1. The quantitative estimate of drug-likeness (QED) is 0.924. The third kappa shape index (κ3) is 3.22. The van der Waals surface area contributed by atoms with Gasteiger partial charge in [0.05, 0.1) is 25.8 Å². The van der Waals surface area contributed by atoms with Gasteiger partial charge in [0.15, 0.2) is 0 Å². The summed E-state index contributed by atoms with van der Waals surface area (Å²) in [7, 11) is 3.31. The lowest BCUT2D eigenvalue weighted by molar-refractivity contribution is 0.382. The van der Waals surface area contributed by atoms with E-state index in [-0.39, 0.29) is 11.5 Å². The number of hydrogen-bond acceptors (Lipinski definition) is 4. The fourth-order valence-corrected chi connectivity index (χ4v) is 3.33. The number of hydrogen-bond donors (Lipinski definition) is 1. The van der Waals surface area contributed by atoms with E-state index in [4.69, 9.17) is 15.2 Å². The summed E-state index contributed by atoms with van der Waals surface area (Å²) in [5.41, 5.74) is 7.50. The highest BCUT2D eigenvalue weighted by molar-refractivity contribution is 7.12. The molecule has 2 N–H and O–H groups in total. The van der Waals surface area contributed by atoms with E-state index < -0.39 is 0 Å². The first kappa shape index (κ1) is 15.9. The van der Waals surface area contributed by atoms with Crippen LogP contribution in [0.25, 0.3) is 0 Å². The van der Waals surface area contributed by atoms with E-state index >= 15 is 0 Å². The van der Waals surface area contributed by atoms with E-state index in [1.54, 1.807) is 25.6 Å². The van der Waals surface area contributed by atoms with Gasteiger partial charge in [0.25, 0.3) is 0 Å². The standard InChI is InChI=1S/C17H23NO2S/c1-17(2,3)14-10-9-13(21-14)16(18)15-11(19-4)7-6-8-12(15)20-5/h6-10,16H,18H2,1-5H3. The molecule has 3 nitrogen and oxygen atoms in total. The van der Waals surface area contributed by atoms with Crippen LogP contribution < -0.4 is 15.2 Å². The zero-order chi connectivity index (χ0) is 15.6. The van der Waals surface area contributed by atoms with Gasteiger partial charge in [0.2, 0.25) is 0 Å². The van der Waals surface area contributed by atoms with Crippen LogP contribution in [0.4, 0.5) is 0 Å². The summed E-state index contributed by atoms with van der Waals surface area (Å²) in [6.07, 6.45) is 0. The monoisotopic (exact) mass is 305 g/mol. The summed E-state index contributed by atoms with van der Waals surface area (Å²) < 4.78 is 10.9. The predicted molar refractivity (Wildman–Crippen MR) is 88.6 cm³/mol. The fourth-order valence-electron chi connectivity index (χ4n) is 2.25. The molecule has 0 aliphatic rings. The molecule has 0 aliphatic heterocycles. The normalized spacial score (nSPS) is 13.0. The minimum atomic E-state index is -0.253. The molecule has 2 rings (SSSR count). The Morgan fingerprint density at radius 2 is 1.57 bits per heavy atom. The van der Waals surface area contributed by atoms with Gasteiger partial charge in [-0.05, 0) is 29.7 Å². The second-order valence-electron chi connectivity index (χ2n) is 6.01. The second kappa shape index (κ2) is 6.08. The Morgan fingerprint density at radius 1 is 1.00 bits per heavy atom. The number of rotatable bonds is 4. The van der Waals surface area contributed by atoms with Crippen molar-refractivity contribution in [3.63, 3.8) is 0 Å². The van der Waals surface area contributed by atoms with Gasteiger partial charge in [-0.2, -0.15) is 0 Å². The Balaban J connectivity index is 2.45. The van der Waals surface area contributed by atoms with Crippen LogP contribution >= 0.6 is 11.3 Å². The number of ether oxygens (including phenoxy) is 2. The van der Waals surface area contributed by atoms with Crippen molar-refractivity contribution in [2.24, 2.45) is 5.73 Å². The summed E-state index contributed by atoms with van der Waals surface area (Å²) in [4.78, 5) is 2.43. The maximum Gasteiger partial charge on any atom is 0.127 e. The summed E-state index contributed by atoms with van der Waals surface area (Å²) in [6, 6.07) is 9.73. The van der Waals surface area contributed by atoms with Crippen molar-refractivity contribution in [2.75, 3.05) is 14.2 Å². The van der Waals surface area contributed by atoms with Crippen LogP contribution in [0.3, 0.4) is 0 Å². The molecular weight excluding hydrogens is 282 g/mol. The zero-order valence-electron chi connectivity index (χ0n) is 13.3. The summed E-state index contributed by atoms with van der Waals surface area (Å²) in [5, 5.41) is 0. The Kier molecular flexibility index (Phi) is 4.59. The highest BCUT2D eigenvalue weighted by Crippen LogP contribution is 2.39. The molecule has 0 radical (unpaired) electrons. The van der Waals surface area contributed by atoms with Crippen LogP contribution in [0.5, 0.6) is 11.5 Å². The highest BCUT2D eigenvalue weighted by Gasteiger charge is 2.23. The summed E-state index contributed by atoms with van der Waals surface area (Å²) >= 11 is 1.75. The molecule has 0 bridgehead atoms. The van der Waals surface area contributed by atoms with Gasteiger partial charge < -0.3 is 15.2 Å². The van der Waals surface area contributed by atoms with Crippen LogP contribution in [-0.4, -0.2) is 14.2 Å². The average molecular weight is 305 g/mol. The predicted octanol–water partition coefficient (Wildman–Crippen LogP) is 4.11. The molecule has 0 aliphatic carbocycles. The van der Waals surface area contributed by atoms with Gasteiger partial charge in [-0.25, -0.2) is 0 Å². The van der Waals surface area contributed by atoms with Gasteiger partial charge in [0.1, 0.15) is 11.5 Å². The van der Waals surface area contributed by atoms with Gasteiger partial charge in [-0.3, -0.25) is 0 Å². The Morgan fingerprint density at radius 3 is 2.00 bits per heavy atom. The molecule has 1 heterocycles. The van der Waals surface area contributed by atoms with Gasteiger partial charge in [0, 0.05) is 9.75 Å².